The third kappa shape index (κ3) is 11.4. The van der Waals surface area contributed by atoms with Gasteiger partial charge in [-0.1, -0.05) is 36.4 Å². The molecule has 31 heavy (non-hydrogen) atoms. The monoisotopic (exact) mass is 570 g/mol. The molecule has 0 aromatic heterocycles. The summed E-state index contributed by atoms with van der Waals surface area (Å²) in [5.41, 5.74) is -0.179. The molecule has 0 bridgehead atoms. The van der Waals surface area contributed by atoms with Crippen molar-refractivity contribution in [2.75, 3.05) is 0 Å². The molecule has 0 aliphatic rings. The van der Waals surface area contributed by atoms with Crippen LogP contribution in [0.25, 0.3) is 0 Å². The summed E-state index contributed by atoms with van der Waals surface area (Å²) < 4.78 is 65.5. The van der Waals surface area contributed by atoms with Crippen LogP contribution in [0.4, 0.5) is 16.9 Å². The van der Waals surface area contributed by atoms with Gasteiger partial charge < -0.3 is 4.74 Å². The molecule has 0 spiro atoms. The maximum atomic E-state index is 9.93. The summed E-state index contributed by atoms with van der Waals surface area (Å²) >= 11 is -11.2. The minimum atomic E-state index is -11.2. The van der Waals surface area contributed by atoms with Gasteiger partial charge in [0.2, 0.25) is 0 Å². The Morgan fingerprint density at radius 1 is 0.581 bits per heavy atom. The van der Waals surface area contributed by atoms with Gasteiger partial charge in [0.15, 0.2) is 14.7 Å². The van der Waals surface area contributed by atoms with Gasteiger partial charge in [0.1, 0.15) is 11.4 Å². The Labute approximate surface area is 183 Å². The number of hydrogen-bond donors (Lipinski definition) is 0. The normalized spacial score (nSPS) is 14.1. The van der Waals surface area contributed by atoms with Crippen molar-refractivity contribution in [3.05, 3.63) is 84.9 Å². The van der Waals surface area contributed by atoms with E-state index in [9.17, 15) is 16.9 Å². The fraction of sp³-hybridized carbons (Fsp3) is 0.182. The number of hydrogen-bond acceptors (Lipinski definition) is 1. The van der Waals surface area contributed by atoms with Crippen LogP contribution >= 0.6 is 0 Å². The molecule has 0 aliphatic heterocycles. The molecule has 0 atom stereocenters. The summed E-state index contributed by atoms with van der Waals surface area (Å²) in [5, 5.41) is 0. The standard InChI is InChI=1S/C22H23OS.6FH.Sb/c1-22(2,3)23-18-14-16-21(17-15-18)24(19-10-6-4-7-11-19)20-12-8-5-9-13-20;;;;;;;/h4-17H,1-3H3;6*1H;/q+1;;;;;;;+5/p-6. The Bertz CT molecular complexity index is 920. The second kappa shape index (κ2) is 8.62. The Balaban J connectivity index is 0.000000423. The van der Waals surface area contributed by atoms with Crippen molar-refractivity contribution >= 4 is 30.4 Å². The van der Waals surface area contributed by atoms with Crippen LogP contribution in [0.5, 0.6) is 5.75 Å². The fourth-order valence-corrected chi connectivity index (χ4v) is 4.60. The molecule has 0 saturated heterocycles. The predicted octanol–water partition coefficient (Wildman–Crippen LogP) is 8.10. The van der Waals surface area contributed by atoms with Crippen LogP contribution in [0.2, 0.25) is 0 Å². The van der Waals surface area contributed by atoms with E-state index in [1.165, 1.54) is 14.7 Å². The van der Waals surface area contributed by atoms with Gasteiger partial charge >= 0.3 is 36.4 Å². The fourth-order valence-electron chi connectivity index (χ4n) is 2.52. The van der Waals surface area contributed by atoms with Gasteiger partial charge in [-0.2, -0.15) is 0 Å². The van der Waals surface area contributed by atoms with Gasteiger partial charge in [-0.3, -0.25) is 0 Å². The molecule has 3 aromatic carbocycles. The molecule has 0 saturated carbocycles. The first-order valence-electron chi connectivity index (χ1n) is 9.18. The molecule has 3 aromatic rings. The van der Waals surface area contributed by atoms with Crippen molar-refractivity contribution in [2.24, 2.45) is 0 Å². The molecular formula is C22H23F6OSSb. The molecule has 0 N–H and O–H groups in total. The summed E-state index contributed by atoms with van der Waals surface area (Å²) in [4.78, 5) is 3.95. The van der Waals surface area contributed by atoms with E-state index >= 15 is 0 Å². The van der Waals surface area contributed by atoms with E-state index in [2.05, 4.69) is 106 Å². The summed E-state index contributed by atoms with van der Waals surface area (Å²) in [7, 11) is -0.102. The summed E-state index contributed by atoms with van der Waals surface area (Å²) in [6, 6.07) is 29.9. The average Bonchev–Trinajstić information content (AvgIpc) is 2.61. The van der Waals surface area contributed by atoms with Crippen LogP contribution < -0.4 is 4.74 Å². The number of ether oxygens (including phenoxy) is 1. The number of rotatable bonds is 4. The van der Waals surface area contributed by atoms with E-state index in [4.69, 9.17) is 4.74 Å². The van der Waals surface area contributed by atoms with Crippen molar-refractivity contribution in [1.82, 2.24) is 0 Å². The van der Waals surface area contributed by atoms with Gasteiger partial charge in [-0.25, -0.2) is 0 Å². The molecular weight excluding hydrogens is 548 g/mol. The molecule has 170 valence electrons. The van der Waals surface area contributed by atoms with E-state index in [-0.39, 0.29) is 16.5 Å². The Kier molecular flexibility index (Phi) is 7.09. The van der Waals surface area contributed by atoms with Crippen LogP contribution in [-0.2, 0) is 10.9 Å². The van der Waals surface area contributed by atoms with Gasteiger partial charge in [0.05, 0.1) is 10.9 Å². The molecule has 3 rings (SSSR count). The Morgan fingerprint density at radius 2 is 0.903 bits per heavy atom. The number of benzene rings is 3. The first-order chi connectivity index (χ1) is 14.0. The summed E-state index contributed by atoms with van der Waals surface area (Å²) in [6.45, 7) is 6.21. The molecule has 1 nitrogen and oxygen atoms in total. The first kappa shape index (κ1) is 25.5. The van der Waals surface area contributed by atoms with E-state index in [1.54, 1.807) is 0 Å². The third-order valence-corrected chi connectivity index (χ3v) is 5.67. The molecule has 9 heteroatoms. The Hall–Kier alpha value is -1.79. The predicted molar refractivity (Wildman–Crippen MR) is 114 cm³/mol. The topological polar surface area (TPSA) is 9.23 Å². The summed E-state index contributed by atoms with van der Waals surface area (Å²) in [6.07, 6.45) is 0. The van der Waals surface area contributed by atoms with Crippen LogP contribution in [-0.4, -0.2) is 25.1 Å². The average molecular weight is 571 g/mol. The van der Waals surface area contributed by atoms with Crippen LogP contribution in [0.1, 0.15) is 20.8 Å². The van der Waals surface area contributed by atoms with Gasteiger partial charge in [0, 0.05) is 0 Å². The van der Waals surface area contributed by atoms with Gasteiger partial charge in [-0.05, 0) is 69.3 Å². The van der Waals surface area contributed by atoms with Crippen LogP contribution in [0.15, 0.2) is 99.6 Å². The zero-order valence-electron chi connectivity index (χ0n) is 17.1. The summed E-state index contributed by atoms with van der Waals surface area (Å²) in [5.74, 6) is 0.913. The molecule has 0 fully saturated rings. The molecule has 0 unspecified atom stereocenters. The maximum absolute atomic E-state index is 11.2. The van der Waals surface area contributed by atoms with E-state index < -0.39 is 19.5 Å². The van der Waals surface area contributed by atoms with Crippen LogP contribution in [0.3, 0.4) is 0 Å². The van der Waals surface area contributed by atoms with Crippen molar-refractivity contribution in [1.29, 1.82) is 0 Å². The number of halogens is 6. The second-order valence-electron chi connectivity index (χ2n) is 7.58. The van der Waals surface area contributed by atoms with Crippen LogP contribution in [0, 0.1) is 0 Å². The van der Waals surface area contributed by atoms with Crippen molar-refractivity contribution in [2.45, 2.75) is 41.1 Å². The SMILES string of the molecule is CC(C)(C)Oc1ccc([S+](c2ccccc2)c2ccccc2)cc1.[F][Sb-]([F])([F])([F])([F])[F]. The molecule has 0 aliphatic carbocycles. The molecule has 0 radical (unpaired) electrons. The molecule has 0 amide bonds. The van der Waals surface area contributed by atoms with Gasteiger partial charge in [-0.15, -0.1) is 0 Å². The van der Waals surface area contributed by atoms with E-state index in [0.29, 0.717) is 0 Å². The first-order valence-corrected chi connectivity index (χ1v) is 16.2. The Morgan fingerprint density at radius 3 is 1.23 bits per heavy atom. The van der Waals surface area contributed by atoms with Crippen molar-refractivity contribution in [3.8, 4) is 5.75 Å². The second-order valence-corrected chi connectivity index (χ2v) is 15.1. The van der Waals surface area contributed by atoms with Crippen molar-refractivity contribution < 1.29 is 21.6 Å². The third-order valence-electron chi connectivity index (χ3n) is 3.44. The zero-order valence-corrected chi connectivity index (χ0v) is 20.5. The minimum absolute atomic E-state index is 0.102. The van der Waals surface area contributed by atoms with Crippen molar-refractivity contribution in [3.63, 3.8) is 0 Å². The van der Waals surface area contributed by atoms with E-state index in [1.807, 2.05) is 0 Å². The zero-order chi connectivity index (χ0) is 23.4. The van der Waals surface area contributed by atoms with E-state index in [0.717, 1.165) is 5.75 Å². The molecule has 0 heterocycles. The quantitative estimate of drug-likeness (QED) is 0.175. The van der Waals surface area contributed by atoms with Gasteiger partial charge in [0.25, 0.3) is 0 Å².